The van der Waals surface area contributed by atoms with Crippen molar-refractivity contribution in [3.63, 3.8) is 0 Å². The molecule has 9 nitrogen and oxygen atoms in total. The number of para-hydroxylation sites is 1. The SMILES string of the molecule is CCCCOc1ccc(NC(=O)C(=O)N/N=C\c2ccccc2OCC(=O)N2CCCC2)cc1. The molecule has 3 rings (SSSR count). The summed E-state index contributed by atoms with van der Waals surface area (Å²) in [5.74, 6) is -0.670. The van der Waals surface area contributed by atoms with E-state index >= 15 is 0 Å². The fourth-order valence-electron chi connectivity index (χ4n) is 3.28. The monoisotopic (exact) mass is 466 g/mol. The second-order valence-corrected chi connectivity index (χ2v) is 7.79. The van der Waals surface area contributed by atoms with Crippen LogP contribution in [0.25, 0.3) is 0 Å². The summed E-state index contributed by atoms with van der Waals surface area (Å²) in [4.78, 5) is 38.2. The van der Waals surface area contributed by atoms with Crippen molar-refractivity contribution < 1.29 is 23.9 Å². The molecule has 0 aliphatic carbocycles. The molecule has 0 atom stereocenters. The molecule has 1 heterocycles. The maximum Gasteiger partial charge on any atom is 0.329 e. The molecular formula is C25H30N4O5. The number of hydrogen-bond donors (Lipinski definition) is 2. The molecule has 0 bridgehead atoms. The topological polar surface area (TPSA) is 109 Å². The summed E-state index contributed by atoms with van der Waals surface area (Å²) in [7, 11) is 0. The summed E-state index contributed by atoms with van der Waals surface area (Å²) >= 11 is 0. The molecule has 1 aliphatic heterocycles. The van der Waals surface area contributed by atoms with E-state index in [1.807, 2.05) is 0 Å². The number of rotatable bonds is 10. The van der Waals surface area contributed by atoms with E-state index in [0.717, 1.165) is 38.8 Å². The number of amides is 3. The van der Waals surface area contributed by atoms with Gasteiger partial charge in [-0.2, -0.15) is 5.10 Å². The molecule has 9 heteroatoms. The minimum atomic E-state index is -0.915. The Hall–Kier alpha value is -3.88. The average molecular weight is 467 g/mol. The van der Waals surface area contributed by atoms with E-state index in [0.29, 0.717) is 29.4 Å². The van der Waals surface area contributed by atoms with Crippen LogP contribution in [-0.2, 0) is 14.4 Å². The van der Waals surface area contributed by atoms with Gasteiger partial charge in [0.15, 0.2) is 6.61 Å². The first kappa shape index (κ1) is 24.8. The highest BCUT2D eigenvalue weighted by Gasteiger charge is 2.18. The van der Waals surface area contributed by atoms with E-state index in [4.69, 9.17) is 9.47 Å². The number of carbonyl (C=O) groups excluding carboxylic acids is 3. The van der Waals surface area contributed by atoms with Gasteiger partial charge in [0.2, 0.25) is 0 Å². The van der Waals surface area contributed by atoms with E-state index in [9.17, 15) is 14.4 Å². The fourth-order valence-corrected chi connectivity index (χ4v) is 3.28. The molecule has 0 radical (unpaired) electrons. The van der Waals surface area contributed by atoms with Gasteiger partial charge in [0, 0.05) is 24.3 Å². The van der Waals surface area contributed by atoms with Crippen LogP contribution >= 0.6 is 0 Å². The molecule has 2 N–H and O–H groups in total. The second kappa shape index (κ2) is 13.0. The van der Waals surface area contributed by atoms with Gasteiger partial charge in [0.25, 0.3) is 5.91 Å². The summed E-state index contributed by atoms with van der Waals surface area (Å²) in [5, 5.41) is 6.35. The lowest BCUT2D eigenvalue weighted by atomic mass is 10.2. The Morgan fingerprint density at radius 1 is 1.00 bits per heavy atom. The molecule has 180 valence electrons. The Bertz CT molecular complexity index is 1000. The van der Waals surface area contributed by atoms with E-state index < -0.39 is 11.8 Å². The van der Waals surface area contributed by atoms with E-state index in [-0.39, 0.29) is 12.5 Å². The van der Waals surface area contributed by atoms with Gasteiger partial charge in [0.1, 0.15) is 11.5 Å². The summed E-state index contributed by atoms with van der Waals surface area (Å²) in [6.45, 7) is 4.17. The Kier molecular flexibility index (Phi) is 9.45. The van der Waals surface area contributed by atoms with Gasteiger partial charge in [-0.15, -0.1) is 0 Å². The largest absolute Gasteiger partial charge is 0.494 e. The van der Waals surface area contributed by atoms with Crippen molar-refractivity contribution in [2.24, 2.45) is 5.10 Å². The number of nitrogens with zero attached hydrogens (tertiary/aromatic N) is 2. The maximum absolute atomic E-state index is 12.2. The molecular weight excluding hydrogens is 436 g/mol. The molecule has 2 aromatic carbocycles. The number of unbranched alkanes of at least 4 members (excludes halogenated alkanes) is 1. The van der Waals surface area contributed by atoms with Crippen molar-refractivity contribution in [1.82, 2.24) is 10.3 Å². The van der Waals surface area contributed by atoms with E-state index in [1.165, 1.54) is 6.21 Å². The molecule has 3 amide bonds. The van der Waals surface area contributed by atoms with E-state index in [1.54, 1.807) is 53.4 Å². The Morgan fingerprint density at radius 2 is 1.74 bits per heavy atom. The third-order valence-corrected chi connectivity index (χ3v) is 5.18. The lowest BCUT2D eigenvalue weighted by Crippen LogP contribution is -2.32. The fraction of sp³-hybridized carbons (Fsp3) is 0.360. The second-order valence-electron chi connectivity index (χ2n) is 7.79. The zero-order valence-electron chi connectivity index (χ0n) is 19.3. The zero-order valence-corrected chi connectivity index (χ0v) is 19.3. The van der Waals surface area contributed by atoms with Crippen LogP contribution in [0.4, 0.5) is 5.69 Å². The standard InChI is InChI=1S/C25H30N4O5/c1-2-3-16-33-21-12-10-20(11-13-21)27-24(31)25(32)28-26-17-19-8-4-5-9-22(19)34-18-23(30)29-14-6-7-15-29/h4-5,8-13,17H,2-3,6-7,14-16,18H2,1H3,(H,27,31)(H,28,32)/b26-17-. The predicted octanol–water partition coefficient (Wildman–Crippen LogP) is 2.96. The van der Waals surface area contributed by atoms with Crippen molar-refractivity contribution in [2.45, 2.75) is 32.6 Å². The van der Waals surface area contributed by atoms with Crippen molar-refractivity contribution in [3.05, 3.63) is 54.1 Å². The quantitative estimate of drug-likeness (QED) is 0.242. The first-order chi connectivity index (χ1) is 16.6. The van der Waals surface area contributed by atoms with Crippen molar-refractivity contribution >= 4 is 29.6 Å². The molecule has 1 aliphatic rings. The lowest BCUT2D eigenvalue weighted by molar-refractivity contribution is -0.136. The van der Waals surface area contributed by atoms with E-state index in [2.05, 4.69) is 22.8 Å². The Balaban J connectivity index is 1.47. The summed E-state index contributed by atoms with van der Waals surface area (Å²) in [6.07, 6.45) is 5.40. The van der Waals surface area contributed by atoms with Crippen molar-refractivity contribution in [1.29, 1.82) is 0 Å². The summed E-state index contributed by atoms with van der Waals surface area (Å²) in [6, 6.07) is 13.8. The number of hydrazone groups is 1. The average Bonchev–Trinajstić information content (AvgIpc) is 3.39. The Labute approximate surface area is 199 Å². The number of benzene rings is 2. The number of nitrogens with one attached hydrogen (secondary N) is 2. The van der Waals surface area contributed by atoms with Crippen molar-refractivity contribution in [3.8, 4) is 11.5 Å². The minimum absolute atomic E-state index is 0.0604. The maximum atomic E-state index is 12.2. The summed E-state index contributed by atoms with van der Waals surface area (Å²) < 4.78 is 11.2. The van der Waals surface area contributed by atoms with Gasteiger partial charge >= 0.3 is 11.8 Å². The molecule has 1 fully saturated rings. The summed E-state index contributed by atoms with van der Waals surface area (Å²) in [5.41, 5.74) is 3.23. The molecule has 0 saturated carbocycles. The first-order valence-electron chi connectivity index (χ1n) is 11.4. The molecule has 2 aromatic rings. The van der Waals surface area contributed by atoms with Crippen LogP contribution in [0.15, 0.2) is 53.6 Å². The van der Waals surface area contributed by atoms with Crippen molar-refractivity contribution in [2.75, 3.05) is 31.6 Å². The lowest BCUT2D eigenvalue weighted by Gasteiger charge is -2.16. The van der Waals surface area contributed by atoms with Gasteiger partial charge in [-0.1, -0.05) is 25.5 Å². The van der Waals surface area contributed by atoms with Crippen LogP contribution < -0.4 is 20.2 Å². The van der Waals surface area contributed by atoms with Gasteiger partial charge in [-0.3, -0.25) is 14.4 Å². The van der Waals surface area contributed by atoms with Gasteiger partial charge in [-0.25, -0.2) is 5.43 Å². The highest BCUT2D eigenvalue weighted by molar-refractivity contribution is 6.39. The zero-order chi connectivity index (χ0) is 24.2. The predicted molar refractivity (Wildman–Crippen MR) is 129 cm³/mol. The van der Waals surface area contributed by atoms with Crippen LogP contribution in [0.3, 0.4) is 0 Å². The van der Waals surface area contributed by atoms with Gasteiger partial charge in [-0.05, 0) is 55.7 Å². The molecule has 34 heavy (non-hydrogen) atoms. The van der Waals surface area contributed by atoms with Gasteiger partial charge < -0.3 is 19.7 Å². The number of ether oxygens (including phenoxy) is 2. The van der Waals surface area contributed by atoms with Crippen LogP contribution in [0, 0.1) is 0 Å². The minimum Gasteiger partial charge on any atom is -0.494 e. The number of anilines is 1. The Morgan fingerprint density at radius 3 is 2.47 bits per heavy atom. The van der Waals surface area contributed by atoms with Crippen LogP contribution in [-0.4, -0.2) is 55.1 Å². The number of carbonyl (C=O) groups is 3. The molecule has 0 unspecified atom stereocenters. The normalized spacial score (nSPS) is 13.0. The third-order valence-electron chi connectivity index (χ3n) is 5.18. The smallest absolute Gasteiger partial charge is 0.329 e. The van der Waals surface area contributed by atoms with Gasteiger partial charge in [0.05, 0.1) is 12.8 Å². The first-order valence-corrected chi connectivity index (χ1v) is 11.4. The van der Waals surface area contributed by atoms with Crippen LogP contribution in [0.5, 0.6) is 11.5 Å². The third kappa shape index (κ3) is 7.61. The number of hydrogen-bond acceptors (Lipinski definition) is 6. The molecule has 0 spiro atoms. The van der Waals surface area contributed by atoms with Crippen LogP contribution in [0.1, 0.15) is 38.2 Å². The molecule has 0 aromatic heterocycles. The highest BCUT2D eigenvalue weighted by Crippen LogP contribution is 2.17. The highest BCUT2D eigenvalue weighted by atomic mass is 16.5. The number of likely N-dealkylation sites (tertiary alicyclic amines) is 1. The molecule has 1 saturated heterocycles. The van der Waals surface area contributed by atoms with Crippen LogP contribution in [0.2, 0.25) is 0 Å².